The molecule has 1 aromatic heterocycles. The molecule has 17 heavy (non-hydrogen) atoms. The van der Waals surface area contributed by atoms with E-state index in [0.29, 0.717) is 5.69 Å². The Morgan fingerprint density at radius 1 is 1.29 bits per heavy atom. The van der Waals surface area contributed by atoms with E-state index in [1.54, 1.807) is 12.3 Å². The van der Waals surface area contributed by atoms with Gasteiger partial charge in [-0.1, -0.05) is 29.8 Å². The van der Waals surface area contributed by atoms with Crippen LogP contribution in [0.5, 0.6) is 0 Å². The molecule has 0 saturated heterocycles. The molecular formula is C13H14FN3. The van der Waals surface area contributed by atoms with Gasteiger partial charge in [0.15, 0.2) is 0 Å². The quantitative estimate of drug-likeness (QED) is 0.628. The zero-order chi connectivity index (χ0) is 12.3. The number of nitrogens with two attached hydrogens (primary N) is 1. The van der Waals surface area contributed by atoms with E-state index in [4.69, 9.17) is 5.84 Å². The summed E-state index contributed by atoms with van der Waals surface area (Å²) in [6.45, 7) is 1.98. The summed E-state index contributed by atoms with van der Waals surface area (Å²) in [6.07, 6.45) is 1.55. The van der Waals surface area contributed by atoms with Gasteiger partial charge in [-0.3, -0.25) is 10.8 Å². The van der Waals surface area contributed by atoms with Gasteiger partial charge in [-0.25, -0.2) is 9.82 Å². The smallest absolute Gasteiger partial charge is 0.146 e. The summed E-state index contributed by atoms with van der Waals surface area (Å²) in [4.78, 5) is 4.04. The zero-order valence-electron chi connectivity index (χ0n) is 9.52. The zero-order valence-corrected chi connectivity index (χ0v) is 9.52. The second-order valence-electron chi connectivity index (χ2n) is 3.88. The Kier molecular flexibility index (Phi) is 3.46. The summed E-state index contributed by atoms with van der Waals surface area (Å²) in [5, 5.41) is 0. The highest BCUT2D eigenvalue weighted by Crippen LogP contribution is 2.22. The van der Waals surface area contributed by atoms with Crippen molar-refractivity contribution in [1.29, 1.82) is 0 Å². The van der Waals surface area contributed by atoms with Gasteiger partial charge < -0.3 is 0 Å². The van der Waals surface area contributed by atoms with Gasteiger partial charge in [-0.05, 0) is 24.6 Å². The summed E-state index contributed by atoms with van der Waals surface area (Å²) in [5.74, 6) is 5.14. The first-order chi connectivity index (χ1) is 8.22. The Hall–Kier alpha value is -1.78. The van der Waals surface area contributed by atoms with Crippen LogP contribution in [0.15, 0.2) is 42.6 Å². The number of pyridine rings is 1. The number of hydrogen-bond acceptors (Lipinski definition) is 3. The molecular weight excluding hydrogens is 217 g/mol. The van der Waals surface area contributed by atoms with E-state index in [1.807, 2.05) is 31.2 Å². The van der Waals surface area contributed by atoms with Crippen LogP contribution in [0.1, 0.15) is 22.9 Å². The molecule has 4 heteroatoms. The van der Waals surface area contributed by atoms with Gasteiger partial charge >= 0.3 is 0 Å². The van der Waals surface area contributed by atoms with Crippen molar-refractivity contribution in [2.24, 2.45) is 5.84 Å². The van der Waals surface area contributed by atoms with Crippen LogP contribution in [0, 0.1) is 12.7 Å². The van der Waals surface area contributed by atoms with Crippen LogP contribution in [0.3, 0.4) is 0 Å². The highest BCUT2D eigenvalue weighted by atomic mass is 19.1. The Morgan fingerprint density at radius 2 is 2.12 bits per heavy atom. The van der Waals surface area contributed by atoms with E-state index in [1.165, 1.54) is 6.07 Å². The Balaban J connectivity index is 2.44. The first kappa shape index (κ1) is 11.7. The van der Waals surface area contributed by atoms with Crippen LogP contribution in [-0.4, -0.2) is 4.98 Å². The van der Waals surface area contributed by atoms with Crippen LogP contribution in [0.2, 0.25) is 0 Å². The molecule has 0 aliphatic carbocycles. The van der Waals surface area contributed by atoms with Crippen LogP contribution in [0.4, 0.5) is 4.39 Å². The third-order valence-corrected chi connectivity index (χ3v) is 2.60. The fraction of sp³-hybridized carbons (Fsp3) is 0.154. The molecule has 3 nitrogen and oxygen atoms in total. The van der Waals surface area contributed by atoms with Crippen molar-refractivity contribution < 1.29 is 4.39 Å². The Labute approximate surface area is 99.5 Å². The van der Waals surface area contributed by atoms with E-state index in [2.05, 4.69) is 10.4 Å². The molecule has 0 aliphatic heterocycles. The van der Waals surface area contributed by atoms with Crippen LogP contribution >= 0.6 is 0 Å². The molecule has 1 aromatic carbocycles. The molecule has 0 amide bonds. The first-order valence-corrected chi connectivity index (χ1v) is 5.35. The van der Waals surface area contributed by atoms with Crippen molar-refractivity contribution in [2.75, 3.05) is 0 Å². The van der Waals surface area contributed by atoms with Gasteiger partial charge in [0.25, 0.3) is 0 Å². The molecule has 2 aromatic rings. The van der Waals surface area contributed by atoms with Crippen molar-refractivity contribution in [3.63, 3.8) is 0 Å². The van der Waals surface area contributed by atoms with Crippen molar-refractivity contribution in [2.45, 2.75) is 13.0 Å². The van der Waals surface area contributed by atoms with Crippen molar-refractivity contribution in [1.82, 2.24) is 10.4 Å². The lowest BCUT2D eigenvalue weighted by molar-refractivity contribution is 0.543. The third-order valence-electron chi connectivity index (χ3n) is 2.60. The SMILES string of the molecule is Cc1cccc(C(NN)c2ncccc2F)c1. The van der Waals surface area contributed by atoms with E-state index in [9.17, 15) is 4.39 Å². The first-order valence-electron chi connectivity index (χ1n) is 5.35. The maximum Gasteiger partial charge on any atom is 0.146 e. The van der Waals surface area contributed by atoms with Crippen LogP contribution < -0.4 is 11.3 Å². The summed E-state index contributed by atoms with van der Waals surface area (Å²) in [7, 11) is 0. The van der Waals surface area contributed by atoms with Crippen molar-refractivity contribution in [3.05, 3.63) is 65.2 Å². The molecule has 0 spiro atoms. The monoisotopic (exact) mass is 231 g/mol. The van der Waals surface area contributed by atoms with Gasteiger partial charge in [0.2, 0.25) is 0 Å². The second-order valence-corrected chi connectivity index (χ2v) is 3.88. The minimum atomic E-state index is -0.434. The number of rotatable bonds is 3. The number of benzene rings is 1. The molecule has 0 fully saturated rings. The fourth-order valence-electron chi connectivity index (χ4n) is 1.79. The second kappa shape index (κ2) is 5.03. The van der Waals surface area contributed by atoms with Crippen LogP contribution in [0.25, 0.3) is 0 Å². The Bertz CT molecular complexity index is 514. The van der Waals surface area contributed by atoms with Gasteiger partial charge in [-0.2, -0.15) is 0 Å². The molecule has 1 atom stereocenters. The van der Waals surface area contributed by atoms with Gasteiger partial charge in [-0.15, -0.1) is 0 Å². The van der Waals surface area contributed by atoms with Gasteiger partial charge in [0.1, 0.15) is 5.82 Å². The lowest BCUT2D eigenvalue weighted by atomic mass is 10.0. The molecule has 1 unspecified atom stereocenters. The third kappa shape index (κ3) is 2.49. The molecule has 3 N–H and O–H groups in total. The number of nitrogens with one attached hydrogen (secondary N) is 1. The normalized spacial score (nSPS) is 12.4. The maximum absolute atomic E-state index is 13.7. The van der Waals surface area contributed by atoms with Gasteiger partial charge in [0.05, 0.1) is 11.7 Å². The Morgan fingerprint density at radius 3 is 2.76 bits per heavy atom. The lowest BCUT2D eigenvalue weighted by Gasteiger charge is -2.16. The average molecular weight is 231 g/mol. The molecule has 88 valence electrons. The predicted octanol–water partition coefficient (Wildman–Crippen LogP) is 2.08. The minimum absolute atomic E-state index is 0.306. The largest absolute Gasteiger partial charge is 0.271 e. The molecule has 0 bridgehead atoms. The summed E-state index contributed by atoms with van der Waals surface area (Å²) in [6, 6.07) is 10.2. The molecule has 0 saturated carbocycles. The van der Waals surface area contributed by atoms with Crippen molar-refractivity contribution in [3.8, 4) is 0 Å². The standard InChI is InChI=1S/C13H14FN3/c1-9-4-2-5-10(8-9)12(17-15)13-11(14)6-3-7-16-13/h2-8,12,17H,15H2,1H3. The highest BCUT2D eigenvalue weighted by Gasteiger charge is 2.17. The maximum atomic E-state index is 13.7. The van der Waals surface area contributed by atoms with Crippen molar-refractivity contribution >= 4 is 0 Å². The number of nitrogens with zero attached hydrogens (tertiary/aromatic N) is 1. The molecule has 0 radical (unpaired) electrons. The lowest BCUT2D eigenvalue weighted by Crippen LogP contribution is -2.30. The van der Waals surface area contributed by atoms with Gasteiger partial charge in [0, 0.05) is 6.20 Å². The number of halogens is 1. The average Bonchev–Trinajstić information content (AvgIpc) is 2.33. The molecule has 1 heterocycles. The number of aromatic nitrogens is 1. The topological polar surface area (TPSA) is 50.9 Å². The van der Waals surface area contributed by atoms with E-state index in [0.717, 1.165) is 11.1 Å². The minimum Gasteiger partial charge on any atom is -0.271 e. The highest BCUT2D eigenvalue weighted by molar-refractivity contribution is 5.31. The van der Waals surface area contributed by atoms with E-state index in [-0.39, 0.29) is 5.82 Å². The van der Waals surface area contributed by atoms with Crippen LogP contribution in [-0.2, 0) is 0 Å². The van der Waals surface area contributed by atoms with E-state index >= 15 is 0 Å². The molecule has 0 aliphatic rings. The fourth-order valence-corrected chi connectivity index (χ4v) is 1.79. The molecule has 2 rings (SSSR count). The predicted molar refractivity (Wildman–Crippen MR) is 64.5 cm³/mol. The summed E-state index contributed by atoms with van der Waals surface area (Å²) in [5.41, 5.74) is 4.90. The number of hydrazine groups is 1. The summed E-state index contributed by atoms with van der Waals surface area (Å²) < 4.78 is 13.7. The number of hydrogen-bond donors (Lipinski definition) is 2. The summed E-state index contributed by atoms with van der Waals surface area (Å²) >= 11 is 0. The number of aryl methyl sites for hydroxylation is 1. The van der Waals surface area contributed by atoms with E-state index < -0.39 is 6.04 Å².